The fourth-order valence-electron chi connectivity index (χ4n) is 2.73. The molecule has 3 heteroatoms. The summed E-state index contributed by atoms with van der Waals surface area (Å²) in [4.78, 5) is 0. The number of hydrogen-bond acceptors (Lipinski definition) is 3. The number of methoxy groups -OCH3 is 1. The highest BCUT2D eigenvalue weighted by Crippen LogP contribution is 2.31. The van der Waals surface area contributed by atoms with Gasteiger partial charge in [0.05, 0.1) is 18.5 Å². The molecule has 0 spiro atoms. The van der Waals surface area contributed by atoms with Crippen LogP contribution in [0.4, 0.5) is 11.4 Å². The van der Waals surface area contributed by atoms with Crippen molar-refractivity contribution in [2.75, 3.05) is 18.2 Å². The summed E-state index contributed by atoms with van der Waals surface area (Å²) in [6.07, 6.45) is 6.50. The smallest absolute Gasteiger partial charge is 0.121 e. The Morgan fingerprint density at radius 3 is 2.56 bits per heavy atom. The maximum atomic E-state index is 6.03. The van der Waals surface area contributed by atoms with Gasteiger partial charge < -0.3 is 15.8 Å². The molecule has 3 N–H and O–H groups in total. The van der Waals surface area contributed by atoms with Crippen LogP contribution in [0.15, 0.2) is 18.2 Å². The molecule has 1 aliphatic carbocycles. The van der Waals surface area contributed by atoms with Crippen LogP contribution >= 0.6 is 0 Å². The molecule has 2 rings (SSSR count). The number of benzene rings is 1. The van der Waals surface area contributed by atoms with Gasteiger partial charge in [0.15, 0.2) is 0 Å². The number of nitrogens with two attached hydrogens (primary N) is 1. The molecule has 0 unspecified atom stereocenters. The first-order chi connectivity index (χ1) is 8.72. The highest BCUT2D eigenvalue weighted by Gasteiger charge is 2.20. The minimum atomic E-state index is 0.573. The Balaban J connectivity index is 1.94. The molecule has 1 aliphatic rings. The normalized spacial score (nSPS) is 23.7. The molecule has 1 fully saturated rings. The Hall–Kier alpha value is -1.38. The SMILES string of the molecule is CCC1CCC(Nc2ccc(OC)cc2N)CC1. The van der Waals surface area contributed by atoms with Crippen molar-refractivity contribution >= 4 is 11.4 Å². The van der Waals surface area contributed by atoms with E-state index in [1.807, 2.05) is 18.2 Å². The second-order valence-electron chi connectivity index (χ2n) is 5.22. The molecule has 1 saturated carbocycles. The van der Waals surface area contributed by atoms with Crippen LogP contribution in [0.25, 0.3) is 0 Å². The van der Waals surface area contributed by atoms with Crippen molar-refractivity contribution in [3.05, 3.63) is 18.2 Å². The van der Waals surface area contributed by atoms with Crippen molar-refractivity contribution in [2.45, 2.75) is 45.1 Å². The van der Waals surface area contributed by atoms with Crippen LogP contribution in [0.5, 0.6) is 5.75 Å². The molecule has 18 heavy (non-hydrogen) atoms. The van der Waals surface area contributed by atoms with Gasteiger partial charge in [-0.1, -0.05) is 13.3 Å². The van der Waals surface area contributed by atoms with Crippen molar-refractivity contribution in [1.82, 2.24) is 0 Å². The molecule has 0 saturated heterocycles. The molecule has 0 bridgehead atoms. The standard InChI is InChI=1S/C15H24N2O/c1-3-11-4-6-12(7-5-11)17-15-9-8-13(18-2)10-14(15)16/h8-12,17H,3-7,16H2,1-2H3. The summed E-state index contributed by atoms with van der Waals surface area (Å²) in [5.41, 5.74) is 7.83. The van der Waals surface area contributed by atoms with Crippen LogP contribution in [0, 0.1) is 5.92 Å². The van der Waals surface area contributed by atoms with E-state index in [2.05, 4.69) is 12.2 Å². The highest BCUT2D eigenvalue weighted by molar-refractivity contribution is 5.68. The van der Waals surface area contributed by atoms with Crippen molar-refractivity contribution in [2.24, 2.45) is 5.92 Å². The molecule has 0 heterocycles. The van der Waals surface area contributed by atoms with E-state index in [1.165, 1.54) is 32.1 Å². The van der Waals surface area contributed by atoms with E-state index >= 15 is 0 Å². The number of rotatable bonds is 4. The maximum Gasteiger partial charge on any atom is 0.121 e. The number of nitrogens with one attached hydrogen (secondary N) is 1. The Morgan fingerprint density at radius 2 is 2.00 bits per heavy atom. The summed E-state index contributed by atoms with van der Waals surface area (Å²) in [5.74, 6) is 1.74. The van der Waals surface area contributed by atoms with Gasteiger partial charge in [-0.05, 0) is 43.7 Å². The van der Waals surface area contributed by atoms with E-state index in [1.54, 1.807) is 7.11 Å². The van der Waals surface area contributed by atoms with Gasteiger partial charge in [0.25, 0.3) is 0 Å². The lowest BCUT2D eigenvalue weighted by atomic mass is 9.84. The fourth-order valence-corrected chi connectivity index (χ4v) is 2.73. The second kappa shape index (κ2) is 5.98. The van der Waals surface area contributed by atoms with Crippen LogP contribution in [0.1, 0.15) is 39.0 Å². The zero-order valence-electron chi connectivity index (χ0n) is 11.4. The topological polar surface area (TPSA) is 47.3 Å². The number of anilines is 2. The molecule has 1 aromatic rings. The average Bonchev–Trinajstić information content (AvgIpc) is 2.42. The fraction of sp³-hybridized carbons (Fsp3) is 0.600. The first-order valence-corrected chi connectivity index (χ1v) is 6.93. The third-order valence-corrected chi connectivity index (χ3v) is 4.04. The molecular weight excluding hydrogens is 224 g/mol. The quantitative estimate of drug-likeness (QED) is 0.799. The molecule has 100 valence electrons. The van der Waals surface area contributed by atoms with Crippen LogP contribution < -0.4 is 15.8 Å². The summed E-state index contributed by atoms with van der Waals surface area (Å²) in [6.45, 7) is 2.29. The summed E-state index contributed by atoms with van der Waals surface area (Å²) in [7, 11) is 1.66. The van der Waals surface area contributed by atoms with Crippen molar-refractivity contribution < 1.29 is 4.74 Å². The minimum Gasteiger partial charge on any atom is -0.497 e. The van der Waals surface area contributed by atoms with Crippen LogP contribution in [0.2, 0.25) is 0 Å². The summed E-state index contributed by atoms with van der Waals surface area (Å²) < 4.78 is 5.16. The minimum absolute atomic E-state index is 0.573. The van der Waals surface area contributed by atoms with Gasteiger partial charge in [0.1, 0.15) is 5.75 Å². The molecule has 3 nitrogen and oxygen atoms in total. The molecule has 1 aromatic carbocycles. The second-order valence-corrected chi connectivity index (χ2v) is 5.22. The average molecular weight is 248 g/mol. The number of ether oxygens (including phenoxy) is 1. The van der Waals surface area contributed by atoms with Crippen molar-refractivity contribution in [1.29, 1.82) is 0 Å². The molecule has 0 aromatic heterocycles. The number of hydrogen-bond donors (Lipinski definition) is 2. The Labute approximate surface area is 110 Å². The van der Waals surface area contributed by atoms with E-state index in [-0.39, 0.29) is 0 Å². The largest absolute Gasteiger partial charge is 0.497 e. The van der Waals surface area contributed by atoms with Crippen LogP contribution in [0.3, 0.4) is 0 Å². The highest BCUT2D eigenvalue weighted by atomic mass is 16.5. The van der Waals surface area contributed by atoms with Gasteiger partial charge in [-0.3, -0.25) is 0 Å². The van der Waals surface area contributed by atoms with E-state index in [0.717, 1.165) is 23.0 Å². The molecular formula is C15H24N2O. The zero-order valence-corrected chi connectivity index (χ0v) is 11.4. The van der Waals surface area contributed by atoms with E-state index < -0.39 is 0 Å². The lowest BCUT2D eigenvalue weighted by Crippen LogP contribution is -2.26. The lowest BCUT2D eigenvalue weighted by Gasteiger charge is -2.29. The molecule has 0 aliphatic heterocycles. The monoisotopic (exact) mass is 248 g/mol. The van der Waals surface area contributed by atoms with Gasteiger partial charge in [0.2, 0.25) is 0 Å². The Bertz CT molecular complexity index is 384. The summed E-state index contributed by atoms with van der Waals surface area (Å²) in [5, 5.41) is 3.56. The maximum absolute atomic E-state index is 6.03. The zero-order chi connectivity index (χ0) is 13.0. The van der Waals surface area contributed by atoms with Crippen molar-refractivity contribution in [3.63, 3.8) is 0 Å². The van der Waals surface area contributed by atoms with Gasteiger partial charge in [-0.15, -0.1) is 0 Å². The van der Waals surface area contributed by atoms with Crippen molar-refractivity contribution in [3.8, 4) is 5.75 Å². The first-order valence-electron chi connectivity index (χ1n) is 6.93. The molecule has 0 amide bonds. The molecule has 0 atom stereocenters. The predicted octanol–water partition coefficient (Wildman–Crippen LogP) is 3.66. The van der Waals surface area contributed by atoms with Gasteiger partial charge in [-0.25, -0.2) is 0 Å². The van der Waals surface area contributed by atoms with E-state index in [4.69, 9.17) is 10.5 Å². The third-order valence-electron chi connectivity index (χ3n) is 4.04. The summed E-state index contributed by atoms with van der Waals surface area (Å²) >= 11 is 0. The lowest BCUT2D eigenvalue weighted by molar-refractivity contribution is 0.330. The first kappa shape index (κ1) is 13.1. The Kier molecular flexibility index (Phi) is 4.34. The summed E-state index contributed by atoms with van der Waals surface area (Å²) in [6, 6.07) is 6.42. The predicted molar refractivity (Wildman–Crippen MR) is 77.1 cm³/mol. The van der Waals surface area contributed by atoms with Gasteiger partial charge in [-0.2, -0.15) is 0 Å². The third kappa shape index (κ3) is 3.09. The number of nitrogen functional groups attached to an aromatic ring is 1. The van der Waals surface area contributed by atoms with E-state index in [0.29, 0.717) is 6.04 Å². The van der Waals surface area contributed by atoms with Crippen LogP contribution in [-0.2, 0) is 0 Å². The molecule has 0 radical (unpaired) electrons. The Morgan fingerprint density at radius 1 is 1.28 bits per heavy atom. The van der Waals surface area contributed by atoms with Gasteiger partial charge in [0, 0.05) is 12.1 Å². The van der Waals surface area contributed by atoms with Crippen LogP contribution in [-0.4, -0.2) is 13.2 Å². The van der Waals surface area contributed by atoms with Gasteiger partial charge >= 0.3 is 0 Å². The van der Waals surface area contributed by atoms with E-state index in [9.17, 15) is 0 Å².